The van der Waals surface area contributed by atoms with Crippen molar-refractivity contribution in [1.82, 2.24) is 5.16 Å². The van der Waals surface area contributed by atoms with E-state index in [0.717, 1.165) is 12.1 Å². The van der Waals surface area contributed by atoms with E-state index in [-0.39, 0.29) is 11.3 Å². The van der Waals surface area contributed by atoms with Gasteiger partial charge in [0.05, 0.1) is 22.2 Å². The van der Waals surface area contributed by atoms with E-state index in [1.54, 1.807) is 18.2 Å². The van der Waals surface area contributed by atoms with Crippen molar-refractivity contribution in [3.63, 3.8) is 0 Å². The SMILES string of the molecule is OCc1c(-c2ccc(Cl)c(Cl)c2)noc1-c1ccc(F)c(F)c1. The number of rotatable bonds is 3. The van der Waals surface area contributed by atoms with Gasteiger partial charge in [0.15, 0.2) is 17.4 Å². The normalized spacial score (nSPS) is 11.0. The van der Waals surface area contributed by atoms with Crippen LogP contribution in [-0.4, -0.2) is 10.3 Å². The monoisotopic (exact) mass is 355 g/mol. The lowest BCUT2D eigenvalue weighted by atomic mass is 10.0. The van der Waals surface area contributed by atoms with Gasteiger partial charge in [0.1, 0.15) is 5.69 Å². The van der Waals surface area contributed by atoms with Crippen LogP contribution >= 0.6 is 23.2 Å². The Hall–Kier alpha value is -1.95. The quantitative estimate of drug-likeness (QED) is 0.711. The molecule has 0 bridgehead atoms. The van der Waals surface area contributed by atoms with Crippen molar-refractivity contribution in [1.29, 1.82) is 0 Å². The van der Waals surface area contributed by atoms with Crippen molar-refractivity contribution < 1.29 is 18.4 Å². The average molecular weight is 356 g/mol. The number of nitrogens with zero attached hydrogens (tertiary/aromatic N) is 1. The van der Waals surface area contributed by atoms with Crippen molar-refractivity contribution in [2.75, 3.05) is 0 Å². The Morgan fingerprint density at radius 2 is 1.70 bits per heavy atom. The third-order valence-corrected chi connectivity index (χ3v) is 4.06. The number of halogens is 4. The van der Waals surface area contributed by atoms with Gasteiger partial charge in [-0.15, -0.1) is 0 Å². The summed E-state index contributed by atoms with van der Waals surface area (Å²) in [6, 6.07) is 8.14. The Bertz CT molecular complexity index is 812. The molecule has 0 atom stereocenters. The van der Waals surface area contributed by atoms with Crippen LogP contribution in [-0.2, 0) is 6.61 Å². The lowest BCUT2D eigenvalue weighted by Gasteiger charge is -2.03. The van der Waals surface area contributed by atoms with Gasteiger partial charge < -0.3 is 9.63 Å². The highest BCUT2D eigenvalue weighted by molar-refractivity contribution is 6.42. The van der Waals surface area contributed by atoms with Crippen LogP contribution in [0, 0.1) is 11.6 Å². The smallest absolute Gasteiger partial charge is 0.173 e. The lowest BCUT2D eigenvalue weighted by Crippen LogP contribution is -1.91. The maximum Gasteiger partial charge on any atom is 0.173 e. The molecule has 0 aliphatic heterocycles. The molecule has 23 heavy (non-hydrogen) atoms. The predicted molar refractivity (Wildman–Crippen MR) is 83.2 cm³/mol. The zero-order valence-electron chi connectivity index (χ0n) is 11.5. The van der Waals surface area contributed by atoms with Gasteiger partial charge >= 0.3 is 0 Å². The topological polar surface area (TPSA) is 46.3 Å². The van der Waals surface area contributed by atoms with E-state index in [1.807, 2.05) is 0 Å². The predicted octanol–water partition coefficient (Wildman–Crippen LogP) is 5.09. The van der Waals surface area contributed by atoms with Crippen LogP contribution in [0.4, 0.5) is 8.78 Å². The number of hydrogen-bond acceptors (Lipinski definition) is 3. The van der Waals surface area contributed by atoms with E-state index in [9.17, 15) is 13.9 Å². The van der Waals surface area contributed by atoms with Gasteiger partial charge in [-0.3, -0.25) is 0 Å². The van der Waals surface area contributed by atoms with Gasteiger partial charge in [0.25, 0.3) is 0 Å². The van der Waals surface area contributed by atoms with Gasteiger partial charge in [-0.25, -0.2) is 8.78 Å². The second-order valence-electron chi connectivity index (χ2n) is 4.75. The lowest BCUT2D eigenvalue weighted by molar-refractivity contribution is 0.281. The molecule has 0 spiro atoms. The van der Waals surface area contributed by atoms with Crippen molar-refractivity contribution in [2.24, 2.45) is 0 Å². The molecule has 0 aliphatic carbocycles. The van der Waals surface area contributed by atoms with Crippen LogP contribution < -0.4 is 0 Å². The molecule has 7 heteroatoms. The molecule has 3 nitrogen and oxygen atoms in total. The summed E-state index contributed by atoms with van der Waals surface area (Å²) in [6.07, 6.45) is 0. The first-order chi connectivity index (χ1) is 11.0. The van der Waals surface area contributed by atoms with Crippen LogP contribution in [0.3, 0.4) is 0 Å². The Labute approximate surface area is 140 Å². The van der Waals surface area contributed by atoms with E-state index in [0.29, 0.717) is 26.9 Å². The summed E-state index contributed by atoms with van der Waals surface area (Å²) in [5.74, 6) is -1.82. The first kappa shape index (κ1) is 15.9. The van der Waals surface area contributed by atoms with Gasteiger partial charge in [-0.05, 0) is 30.3 Å². The van der Waals surface area contributed by atoms with E-state index < -0.39 is 18.2 Å². The summed E-state index contributed by atoms with van der Waals surface area (Å²) in [4.78, 5) is 0. The minimum Gasteiger partial charge on any atom is -0.391 e. The molecule has 3 aromatic rings. The van der Waals surface area contributed by atoms with Crippen LogP contribution in [0.25, 0.3) is 22.6 Å². The van der Waals surface area contributed by atoms with Crippen LogP contribution in [0.15, 0.2) is 40.9 Å². The minimum atomic E-state index is -1.01. The summed E-state index contributed by atoms with van der Waals surface area (Å²) in [6.45, 7) is -0.395. The molecule has 0 saturated carbocycles. The van der Waals surface area contributed by atoms with Gasteiger partial charge in [0.2, 0.25) is 0 Å². The second kappa shape index (κ2) is 6.28. The third kappa shape index (κ3) is 2.95. The highest BCUT2D eigenvalue weighted by atomic mass is 35.5. The van der Waals surface area contributed by atoms with Gasteiger partial charge in [0, 0.05) is 11.1 Å². The molecule has 0 saturated heterocycles. The summed E-state index contributed by atoms with van der Waals surface area (Å²) < 4.78 is 31.7. The second-order valence-corrected chi connectivity index (χ2v) is 5.57. The van der Waals surface area contributed by atoms with E-state index in [2.05, 4.69) is 5.16 Å². The summed E-state index contributed by atoms with van der Waals surface area (Å²) >= 11 is 11.8. The van der Waals surface area contributed by atoms with Crippen LogP contribution in [0.2, 0.25) is 10.0 Å². The Morgan fingerprint density at radius 3 is 2.35 bits per heavy atom. The first-order valence-corrected chi connectivity index (χ1v) is 7.27. The van der Waals surface area contributed by atoms with Crippen molar-refractivity contribution in [3.8, 4) is 22.6 Å². The Balaban J connectivity index is 2.12. The maximum absolute atomic E-state index is 13.4. The molecule has 1 N–H and O–H groups in total. The standard InChI is InChI=1S/C16H9Cl2F2NO2/c17-11-3-1-8(5-12(11)18)15-10(7-22)16(23-21-15)9-2-4-13(19)14(20)6-9/h1-6,22H,7H2. The van der Waals surface area contributed by atoms with E-state index in [1.165, 1.54) is 6.07 Å². The number of benzene rings is 2. The number of aliphatic hydroxyl groups excluding tert-OH is 1. The molecule has 0 amide bonds. The number of aromatic nitrogens is 1. The fourth-order valence-electron chi connectivity index (χ4n) is 2.19. The van der Waals surface area contributed by atoms with Crippen molar-refractivity contribution in [2.45, 2.75) is 6.61 Å². The molecule has 1 heterocycles. The van der Waals surface area contributed by atoms with E-state index in [4.69, 9.17) is 27.7 Å². The van der Waals surface area contributed by atoms with Crippen LogP contribution in [0.5, 0.6) is 0 Å². The molecule has 0 radical (unpaired) electrons. The molecule has 0 aliphatic rings. The highest BCUT2D eigenvalue weighted by Gasteiger charge is 2.20. The largest absolute Gasteiger partial charge is 0.391 e. The zero-order valence-corrected chi connectivity index (χ0v) is 13.0. The maximum atomic E-state index is 13.4. The van der Waals surface area contributed by atoms with Gasteiger partial charge in [-0.1, -0.05) is 34.4 Å². The third-order valence-electron chi connectivity index (χ3n) is 3.32. The fourth-order valence-corrected chi connectivity index (χ4v) is 2.49. The first-order valence-electron chi connectivity index (χ1n) is 6.51. The minimum absolute atomic E-state index is 0.160. The molecule has 118 valence electrons. The molecule has 2 aromatic carbocycles. The molecular weight excluding hydrogens is 347 g/mol. The number of hydrogen-bond donors (Lipinski definition) is 1. The van der Waals surface area contributed by atoms with Gasteiger partial charge in [-0.2, -0.15) is 0 Å². The average Bonchev–Trinajstić information content (AvgIpc) is 2.96. The Morgan fingerprint density at radius 1 is 0.957 bits per heavy atom. The van der Waals surface area contributed by atoms with Crippen molar-refractivity contribution in [3.05, 3.63) is 63.6 Å². The molecule has 1 aromatic heterocycles. The zero-order chi connectivity index (χ0) is 16.6. The summed E-state index contributed by atoms with van der Waals surface area (Å²) in [5.41, 5.74) is 1.55. The molecule has 3 rings (SSSR count). The molecule has 0 fully saturated rings. The Kier molecular flexibility index (Phi) is 4.35. The summed E-state index contributed by atoms with van der Waals surface area (Å²) in [7, 11) is 0. The molecular formula is C16H9Cl2F2NO2. The van der Waals surface area contributed by atoms with Crippen LogP contribution in [0.1, 0.15) is 5.56 Å². The highest BCUT2D eigenvalue weighted by Crippen LogP contribution is 2.35. The van der Waals surface area contributed by atoms with E-state index >= 15 is 0 Å². The summed E-state index contributed by atoms with van der Waals surface area (Å²) in [5, 5.41) is 14.2. The number of aliphatic hydroxyl groups is 1. The molecule has 0 unspecified atom stereocenters. The fraction of sp³-hybridized carbons (Fsp3) is 0.0625. The van der Waals surface area contributed by atoms with Crippen molar-refractivity contribution >= 4 is 23.2 Å².